The van der Waals surface area contributed by atoms with Crippen LogP contribution in [-0.2, 0) is 10.2 Å². The Bertz CT molecular complexity index is 993. The number of fused-ring (bicyclic) bond motifs is 1. The SMILES string of the molecule is Cc1cccc(C(CNS(=O)(=O)NC(C)C)c2c[nH]c3ccccc23)c1. The van der Waals surface area contributed by atoms with Gasteiger partial charge in [0.05, 0.1) is 0 Å². The van der Waals surface area contributed by atoms with Crippen LogP contribution >= 0.6 is 0 Å². The second-order valence-electron chi connectivity index (χ2n) is 6.88. The molecule has 3 aromatic rings. The molecule has 0 aliphatic rings. The zero-order chi connectivity index (χ0) is 18.7. The van der Waals surface area contributed by atoms with E-state index in [-0.39, 0.29) is 18.5 Å². The summed E-state index contributed by atoms with van der Waals surface area (Å²) in [5, 5.41) is 1.11. The van der Waals surface area contributed by atoms with Crippen molar-refractivity contribution >= 4 is 21.1 Å². The van der Waals surface area contributed by atoms with Gasteiger partial charge in [-0.15, -0.1) is 0 Å². The largest absolute Gasteiger partial charge is 0.361 e. The monoisotopic (exact) mass is 371 g/mol. The van der Waals surface area contributed by atoms with E-state index in [0.717, 1.165) is 27.6 Å². The van der Waals surface area contributed by atoms with Crippen LogP contribution in [-0.4, -0.2) is 26.0 Å². The molecule has 6 heteroatoms. The molecule has 0 aliphatic heterocycles. The molecule has 2 aromatic carbocycles. The Balaban J connectivity index is 1.98. The summed E-state index contributed by atoms with van der Waals surface area (Å²) in [6.07, 6.45) is 1.97. The maximum Gasteiger partial charge on any atom is 0.277 e. The summed E-state index contributed by atoms with van der Waals surface area (Å²) in [5.41, 5.74) is 4.36. The lowest BCUT2D eigenvalue weighted by Gasteiger charge is -2.19. The second-order valence-corrected chi connectivity index (χ2v) is 8.41. The minimum atomic E-state index is -3.55. The molecule has 0 amide bonds. The van der Waals surface area contributed by atoms with Crippen LogP contribution in [0, 0.1) is 6.92 Å². The predicted molar refractivity (Wildman–Crippen MR) is 107 cm³/mol. The summed E-state index contributed by atoms with van der Waals surface area (Å²) in [5.74, 6) is -0.0882. The van der Waals surface area contributed by atoms with Crippen LogP contribution in [0.15, 0.2) is 54.7 Å². The van der Waals surface area contributed by atoms with Crippen molar-refractivity contribution in [2.75, 3.05) is 6.54 Å². The molecular weight excluding hydrogens is 346 g/mol. The fraction of sp³-hybridized carbons (Fsp3) is 0.300. The Hall–Kier alpha value is -2.15. The molecule has 0 bridgehead atoms. The van der Waals surface area contributed by atoms with Crippen molar-refractivity contribution in [2.45, 2.75) is 32.7 Å². The first kappa shape index (κ1) is 18.6. The molecule has 1 unspecified atom stereocenters. The van der Waals surface area contributed by atoms with E-state index in [1.807, 2.05) is 49.5 Å². The minimum Gasteiger partial charge on any atom is -0.361 e. The molecule has 5 nitrogen and oxygen atoms in total. The number of aryl methyl sites for hydroxylation is 1. The highest BCUT2D eigenvalue weighted by Crippen LogP contribution is 2.31. The fourth-order valence-corrected chi connectivity index (χ4v) is 4.31. The smallest absolute Gasteiger partial charge is 0.277 e. The van der Waals surface area contributed by atoms with E-state index >= 15 is 0 Å². The van der Waals surface area contributed by atoms with Gasteiger partial charge in [-0.3, -0.25) is 0 Å². The van der Waals surface area contributed by atoms with Gasteiger partial charge in [-0.05, 0) is 38.0 Å². The molecule has 0 saturated carbocycles. The summed E-state index contributed by atoms with van der Waals surface area (Å²) in [6, 6.07) is 16.1. The first-order chi connectivity index (χ1) is 12.4. The number of benzene rings is 2. The van der Waals surface area contributed by atoms with Gasteiger partial charge in [0.1, 0.15) is 0 Å². The molecule has 26 heavy (non-hydrogen) atoms. The summed E-state index contributed by atoms with van der Waals surface area (Å²) < 4.78 is 29.8. The summed E-state index contributed by atoms with van der Waals surface area (Å²) in [4.78, 5) is 3.29. The summed E-state index contributed by atoms with van der Waals surface area (Å²) in [7, 11) is -3.55. The molecule has 3 rings (SSSR count). The van der Waals surface area contributed by atoms with Gasteiger partial charge >= 0.3 is 0 Å². The lowest BCUT2D eigenvalue weighted by atomic mass is 9.90. The molecule has 0 spiro atoms. The van der Waals surface area contributed by atoms with Crippen LogP contribution < -0.4 is 9.44 Å². The number of aromatic nitrogens is 1. The second kappa shape index (κ2) is 7.61. The van der Waals surface area contributed by atoms with Gasteiger partial charge in [0.2, 0.25) is 0 Å². The summed E-state index contributed by atoms with van der Waals surface area (Å²) in [6.45, 7) is 5.93. The molecular formula is C20H25N3O2S. The Morgan fingerprint density at radius 3 is 2.58 bits per heavy atom. The molecule has 138 valence electrons. The van der Waals surface area contributed by atoms with Crippen molar-refractivity contribution in [1.29, 1.82) is 0 Å². The molecule has 1 aromatic heterocycles. The third kappa shape index (κ3) is 4.33. The zero-order valence-electron chi connectivity index (χ0n) is 15.3. The zero-order valence-corrected chi connectivity index (χ0v) is 16.1. The van der Waals surface area contributed by atoms with Gasteiger partial charge in [-0.1, -0.05) is 48.0 Å². The fourth-order valence-electron chi connectivity index (χ4n) is 3.22. The molecule has 3 N–H and O–H groups in total. The Morgan fingerprint density at radius 1 is 1.08 bits per heavy atom. The van der Waals surface area contributed by atoms with Crippen molar-refractivity contribution in [3.05, 3.63) is 71.4 Å². The maximum absolute atomic E-state index is 12.2. The Kier molecular flexibility index (Phi) is 5.46. The number of hydrogen-bond acceptors (Lipinski definition) is 2. The molecule has 0 radical (unpaired) electrons. The molecule has 1 atom stereocenters. The lowest BCUT2D eigenvalue weighted by molar-refractivity contribution is 0.551. The summed E-state index contributed by atoms with van der Waals surface area (Å²) >= 11 is 0. The standard InChI is InChI=1S/C20H25N3O2S/c1-14(2)23-26(24,25)22-13-18(16-8-6-7-15(3)11-16)19-12-21-20-10-5-4-9-17(19)20/h4-12,14,18,21-23H,13H2,1-3H3. The van der Waals surface area contributed by atoms with Crippen LogP contribution in [0.1, 0.15) is 36.5 Å². The lowest BCUT2D eigenvalue weighted by Crippen LogP contribution is -2.41. The first-order valence-corrected chi connectivity index (χ1v) is 10.2. The number of H-pyrrole nitrogens is 1. The average Bonchev–Trinajstić information content (AvgIpc) is 2.98. The average molecular weight is 372 g/mol. The van der Waals surface area contributed by atoms with Crippen molar-refractivity contribution in [1.82, 2.24) is 14.4 Å². The van der Waals surface area contributed by atoms with E-state index in [9.17, 15) is 8.42 Å². The van der Waals surface area contributed by atoms with Gasteiger partial charge in [0, 0.05) is 35.6 Å². The van der Waals surface area contributed by atoms with Crippen LogP contribution in [0.2, 0.25) is 0 Å². The third-order valence-electron chi connectivity index (χ3n) is 4.31. The maximum atomic E-state index is 12.2. The Morgan fingerprint density at radius 2 is 1.85 bits per heavy atom. The normalized spacial score (nSPS) is 13.4. The number of hydrogen-bond donors (Lipinski definition) is 3. The van der Waals surface area contributed by atoms with Crippen molar-refractivity contribution in [2.24, 2.45) is 0 Å². The number of aromatic amines is 1. The highest BCUT2D eigenvalue weighted by molar-refractivity contribution is 7.87. The molecule has 0 saturated heterocycles. The number of rotatable bonds is 7. The van der Waals surface area contributed by atoms with Crippen LogP contribution in [0.5, 0.6) is 0 Å². The van der Waals surface area contributed by atoms with Gasteiger partial charge < -0.3 is 4.98 Å². The highest BCUT2D eigenvalue weighted by Gasteiger charge is 2.21. The van der Waals surface area contributed by atoms with Crippen LogP contribution in [0.25, 0.3) is 10.9 Å². The van der Waals surface area contributed by atoms with E-state index < -0.39 is 10.2 Å². The van der Waals surface area contributed by atoms with E-state index in [1.54, 1.807) is 13.8 Å². The van der Waals surface area contributed by atoms with Crippen LogP contribution in [0.3, 0.4) is 0 Å². The molecule has 0 fully saturated rings. The van der Waals surface area contributed by atoms with Gasteiger partial charge in [0.15, 0.2) is 0 Å². The predicted octanol–water partition coefficient (Wildman–Crippen LogP) is 3.44. The molecule has 0 aliphatic carbocycles. The van der Waals surface area contributed by atoms with E-state index in [4.69, 9.17) is 0 Å². The topological polar surface area (TPSA) is 74.0 Å². The number of para-hydroxylation sites is 1. The van der Waals surface area contributed by atoms with E-state index in [2.05, 4.69) is 26.6 Å². The van der Waals surface area contributed by atoms with Gasteiger partial charge in [-0.2, -0.15) is 13.1 Å². The molecule has 1 heterocycles. The Labute approximate surface area is 155 Å². The quantitative estimate of drug-likeness (QED) is 0.595. The minimum absolute atomic E-state index is 0.0882. The van der Waals surface area contributed by atoms with E-state index in [1.165, 1.54) is 0 Å². The first-order valence-electron chi connectivity index (χ1n) is 8.75. The van der Waals surface area contributed by atoms with Crippen LogP contribution in [0.4, 0.5) is 0 Å². The van der Waals surface area contributed by atoms with Crippen molar-refractivity contribution < 1.29 is 8.42 Å². The van der Waals surface area contributed by atoms with Gasteiger partial charge in [-0.25, -0.2) is 4.72 Å². The van der Waals surface area contributed by atoms with Gasteiger partial charge in [0.25, 0.3) is 10.2 Å². The number of nitrogens with one attached hydrogen (secondary N) is 3. The highest BCUT2D eigenvalue weighted by atomic mass is 32.2. The van der Waals surface area contributed by atoms with E-state index in [0.29, 0.717) is 0 Å². The van der Waals surface area contributed by atoms with Crippen molar-refractivity contribution in [3.8, 4) is 0 Å². The van der Waals surface area contributed by atoms with Crippen molar-refractivity contribution in [3.63, 3.8) is 0 Å². The third-order valence-corrected chi connectivity index (χ3v) is 5.64.